The minimum absolute atomic E-state index is 0.0508. The standard InChI is InChI=1S/C21H34O3/c1-13(22)16-6-7-17-18-5-4-14-12-15(23)8-9-20(14,3)21(18,24)11-10-19(16,17)2/h14-18,23-24H,4-12H2,1-3H3/t14-,15+,16-,17+,18+,19-,20+,21-/m1/s1. The van der Waals surface area contributed by atoms with E-state index in [1.54, 1.807) is 6.92 Å². The van der Waals surface area contributed by atoms with Gasteiger partial charge >= 0.3 is 0 Å². The fourth-order valence-electron chi connectivity index (χ4n) is 7.84. The van der Waals surface area contributed by atoms with Crippen LogP contribution in [0, 0.1) is 34.5 Å². The van der Waals surface area contributed by atoms with Crippen molar-refractivity contribution < 1.29 is 15.0 Å². The first-order valence-corrected chi connectivity index (χ1v) is 10.1. The van der Waals surface area contributed by atoms with Crippen molar-refractivity contribution in [3.8, 4) is 0 Å². The number of hydrogen-bond acceptors (Lipinski definition) is 3. The number of Topliss-reactive ketones (excluding diaryl/α,β-unsaturated/α-hetero) is 1. The van der Waals surface area contributed by atoms with Gasteiger partial charge < -0.3 is 10.2 Å². The third-order valence-corrected chi connectivity index (χ3v) is 9.31. The molecule has 0 heterocycles. The minimum Gasteiger partial charge on any atom is -0.393 e. The molecule has 24 heavy (non-hydrogen) atoms. The van der Waals surface area contributed by atoms with E-state index in [1.165, 1.54) is 0 Å². The number of carbonyl (C=O) groups excluding carboxylic acids is 1. The van der Waals surface area contributed by atoms with Crippen LogP contribution in [-0.2, 0) is 4.79 Å². The van der Waals surface area contributed by atoms with Crippen LogP contribution in [0.25, 0.3) is 0 Å². The molecule has 3 nitrogen and oxygen atoms in total. The third kappa shape index (κ3) is 2.00. The van der Waals surface area contributed by atoms with Gasteiger partial charge in [0.05, 0.1) is 11.7 Å². The van der Waals surface area contributed by atoms with Crippen molar-refractivity contribution in [3.05, 3.63) is 0 Å². The molecule has 3 heteroatoms. The molecule has 4 aliphatic carbocycles. The van der Waals surface area contributed by atoms with E-state index in [-0.39, 0.29) is 22.9 Å². The average molecular weight is 335 g/mol. The lowest BCUT2D eigenvalue weighted by atomic mass is 9.42. The zero-order chi connectivity index (χ0) is 17.3. The van der Waals surface area contributed by atoms with Crippen LogP contribution >= 0.6 is 0 Å². The maximum Gasteiger partial charge on any atom is 0.133 e. The average Bonchev–Trinajstić information content (AvgIpc) is 2.87. The SMILES string of the molecule is CC(=O)[C@H]1CC[C@H]2[C@@H]3CC[C@@H]4C[C@@H](O)CC[C@]4(C)[C@@]3(O)CC[C@]12C. The highest BCUT2D eigenvalue weighted by atomic mass is 16.3. The van der Waals surface area contributed by atoms with Crippen LogP contribution in [-0.4, -0.2) is 27.7 Å². The normalized spacial score (nSPS) is 57.0. The van der Waals surface area contributed by atoms with Crippen molar-refractivity contribution in [1.29, 1.82) is 0 Å². The summed E-state index contributed by atoms with van der Waals surface area (Å²) in [6.45, 7) is 6.39. The van der Waals surface area contributed by atoms with Crippen molar-refractivity contribution in [2.45, 2.75) is 90.3 Å². The maximum atomic E-state index is 12.2. The molecular weight excluding hydrogens is 300 g/mol. The van der Waals surface area contributed by atoms with E-state index in [4.69, 9.17) is 0 Å². The highest BCUT2D eigenvalue weighted by Gasteiger charge is 2.67. The molecule has 0 amide bonds. The third-order valence-electron chi connectivity index (χ3n) is 9.31. The monoisotopic (exact) mass is 334 g/mol. The summed E-state index contributed by atoms with van der Waals surface area (Å²) in [5, 5.41) is 22.1. The molecule has 8 atom stereocenters. The van der Waals surface area contributed by atoms with E-state index in [0.717, 1.165) is 57.8 Å². The topological polar surface area (TPSA) is 57.5 Å². The molecular formula is C21H34O3. The van der Waals surface area contributed by atoms with Crippen LogP contribution in [0.4, 0.5) is 0 Å². The van der Waals surface area contributed by atoms with E-state index >= 15 is 0 Å². The molecule has 0 unspecified atom stereocenters. The molecule has 0 radical (unpaired) electrons. The lowest BCUT2D eigenvalue weighted by molar-refractivity contribution is -0.240. The molecule has 0 spiro atoms. The lowest BCUT2D eigenvalue weighted by Crippen LogP contribution is -2.65. The summed E-state index contributed by atoms with van der Waals surface area (Å²) in [5.74, 6) is 1.85. The summed E-state index contributed by atoms with van der Waals surface area (Å²) in [7, 11) is 0. The smallest absolute Gasteiger partial charge is 0.133 e. The first-order chi connectivity index (χ1) is 11.2. The van der Waals surface area contributed by atoms with Gasteiger partial charge in [-0.2, -0.15) is 0 Å². The molecule has 0 bridgehead atoms. The van der Waals surface area contributed by atoms with Crippen molar-refractivity contribution in [2.75, 3.05) is 0 Å². The molecule has 4 saturated carbocycles. The number of carbonyl (C=O) groups is 1. The second kappa shape index (κ2) is 5.30. The van der Waals surface area contributed by atoms with E-state index < -0.39 is 5.60 Å². The number of fused-ring (bicyclic) bond motifs is 5. The zero-order valence-electron chi connectivity index (χ0n) is 15.6. The van der Waals surface area contributed by atoms with Gasteiger partial charge in [-0.1, -0.05) is 13.8 Å². The molecule has 4 aliphatic rings. The van der Waals surface area contributed by atoms with Gasteiger partial charge in [-0.05, 0) is 93.3 Å². The van der Waals surface area contributed by atoms with Gasteiger partial charge in [0, 0.05) is 5.92 Å². The van der Waals surface area contributed by atoms with Crippen molar-refractivity contribution in [1.82, 2.24) is 0 Å². The molecule has 0 aromatic heterocycles. The first kappa shape index (κ1) is 17.0. The van der Waals surface area contributed by atoms with Crippen molar-refractivity contribution in [3.63, 3.8) is 0 Å². The summed E-state index contributed by atoms with van der Waals surface area (Å²) in [6, 6.07) is 0. The van der Waals surface area contributed by atoms with Crippen LogP contribution in [0.3, 0.4) is 0 Å². The van der Waals surface area contributed by atoms with Gasteiger partial charge in [-0.25, -0.2) is 0 Å². The highest BCUT2D eigenvalue weighted by Crippen LogP contribution is 2.69. The van der Waals surface area contributed by atoms with Gasteiger partial charge in [0.2, 0.25) is 0 Å². The Morgan fingerprint density at radius 3 is 2.38 bits per heavy atom. The Balaban J connectivity index is 1.68. The lowest BCUT2D eigenvalue weighted by Gasteiger charge is -2.65. The van der Waals surface area contributed by atoms with Gasteiger partial charge in [0.1, 0.15) is 5.78 Å². The molecule has 0 aromatic rings. The number of rotatable bonds is 1. The Bertz CT molecular complexity index is 545. The van der Waals surface area contributed by atoms with Crippen molar-refractivity contribution in [2.24, 2.45) is 34.5 Å². The predicted molar refractivity (Wildman–Crippen MR) is 93.4 cm³/mol. The number of ketones is 1. The molecule has 2 N–H and O–H groups in total. The van der Waals surface area contributed by atoms with Gasteiger partial charge in [-0.3, -0.25) is 4.79 Å². The van der Waals surface area contributed by atoms with Gasteiger partial charge in [0.15, 0.2) is 0 Å². The summed E-state index contributed by atoms with van der Waals surface area (Å²) < 4.78 is 0. The van der Waals surface area contributed by atoms with Crippen LogP contribution in [0.2, 0.25) is 0 Å². The molecule has 4 fully saturated rings. The molecule has 4 rings (SSSR count). The van der Waals surface area contributed by atoms with Crippen LogP contribution in [0.1, 0.15) is 78.6 Å². The summed E-state index contributed by atoms with van der Waals surface area (Å²) in [5.41, 5.74) is -0.545. The Labute approximate surface area is 146 Å². The Morgan fingerprint density at radius 1 is 0.958 bits per heavy atom. The second-order valence-corrected chi connectivity index (χ2v) is 10.0. The van der Waals surface area contributed by atoms with Crippen LogP contribution in [0.5, 0.6) is 0 Å². The highest BCUT2D eigenvalue weighted by molar-refractivity contribution is 5.79. The van der Waals surface area contributed by atoms with Crippen molar-refractivity contribution >= 4 is 5.78 Å². The first-order valence-electron chi connectivity index (χ1n) is 10.1. The van der Waals surface area contributed by atoms with Gasteiger partial charge in [0.25, 0.3) is 0 Å². The fourth-order valence-corrected chi connectivity index (χ4v) is 7.84. The quantitative estimate of drug-likeness (QED) is 0.768. The number of aliphatic hydroxyl groups excluding tert-OH is 1. The second-order valence-electron chi connectivity index (χ2n) is 10.0. The molecule has 0 aliphatic heterocycles. The van der Waals surface area contributed by atoms with E-state index in [2.05, 4.69) is 13.8 Å². The predicted octanol–water partition coefficient (Wildman–Crippen LogP) is 3.71. The molecule has 0 saturated heterocycles. The number of aliphatic hydroxyl groups is 2. The fraction of sp³-hybridized carbons (Fsp3) is 0.952. The minimum atomic E-state index is -0.591. The zero-order valence-corrected chi connectivity index (χ0v) is 15.6. The van der Waals surface area contributed by atoms with E-state index in [0.29, 0.717) is 23.5 Å². The van der Waals surface area contributed by atoms with Crippen LogP contribution < -0.4 is 0 Å². The summed E-state index contributed by atoms with van der Waals surface area (Å²) in [4.78, 5) is 12.2. The van der Waals surface area contributed by atoms with Crippen LogP contribution in [0.15, 0.2) is 0 Å². The Hall–Kier alpha value is -0.410. The summed E-state index contributed by atoms with van der Waals surface area (Å²) >= 11 is 0. The molecule has 0 aromatic carbocycles. The number of hydrogen-bond donors (Lipinski definition) is 2. The van der Waals surface area contributed by atoms with Gasteiger partial charge in [-0.15, -0.1) is 0 Å². The van der Waals surface area contributed by atoms with E-state index in [9.17, 15) is 15.0 Å². The summed E-state index contributed by atoms with van der Waals surface area (Å²) in [6.07, 6.45) is 8.64. The Kier molecular flexibility index (Phi) is 3.76. The Morgan fingerprint density at radius 2 is 1.67 bits per heavy atom. The largest absolute Gasteiger partial charge is 0.393 e. The van der Waals surface area contributed by atoms with E-state index in [1.807, 2.05) is 0 Å². The molecule has 136 valence electrons. The maximum absolute atomic E-state index is 12.2.